The van der Waals surface area contributed by atoms with E-state index in [1.54, 1.807) is 7.11 Å². The van der Waals surface area contributed by atoms with Crippen LogP contribution >= 0.6 is 0 Å². The lowest BCUT2D eigenvalue weighted by molar-refractivity contribution is 0.310. The lowest BCUT2D eigenvalue weighted by atomic mass is 9.87. The van der Waals surface area contributed by atoms with Gasteiger partial charge in [-0.3, -0.25) is 0 Å². The van der Waals surface area contributed by atoms with Gasteiger partial charge in [0.05, 0.1) is 13.7 Å². The van der Waals surface area contributed by atoms with Gasteiger partial charge in [0.2, 0.25) is 0 Å². The van der Waals surface area contributed by atoms with Gasteiger partial charge < -0.3 is 14.8 Å². The van der Waals surface area contributed by atoms with Gasteiger partial charge in [-0.25, -0.2) is 0 Å². The molecule has 0 aromatic heterocycles. The molecule has 1 N–H and O–H groups in total. The zero-order chi connectivity index (χ0) is 16.1. The Morgan fingerprint density at radius 1 is 1.13 bits per heavy atom. The molecule has 0 saturated heterocycles. The minimum atomic E-state index is 0.442. The van der Waals surface area contributed by atoms with E-state index in [4.69, 9.17) is 9.47 Å². The SMILES string of the molecule is CCOc1cc(CN[C@@H]2CCCc3ccccc32)ccc1OC. The molecule has 122 valence electrons. The van der Waals surface area contributed by atoms with Crippen LogP contribution < -0.4 is 14.8 Å². The van der Waals surface area contributed by atoms with Gasteiger partial charge >= 0.3 is 0 Å². The molecule has 0 unspecified atom stereocenters. The third kappa shape index (κ3) is 3.67. The molecule has 3 nitrogen and oxygen atoms in total. The van der Waals surface area contributed by atoms with Crippen molar-refractivity contribution in [2.24, 2.45) is 0 Å². The van der Waals surface area contributed by atoms with Crippen molar-refractivity contribution in [1.82, 2.24) is 5.32 Å². The van der Waals surface area contributed by atoms with Crippen LogP contribution in [0.4, 0.5) is 0 Å². The maximum absolute atomic E-state index is 5.66. The van der Waals surface area contributed by atoms with E-state index in [1.807, 2.05) is 13.0 Å². The summed E-state index contributed by atoms with van der Waals surface area (Å²) in [5.41, 5.74) is 4.16. The number of aryl methyl sites for hydroxylation is 1. The highest BCUT2D eigenvalue weighted by Gasteiger charge is 2.19. The summed E-state index contributed by atoms with van der Waals surface area (Å²) in [6.45, 7) is 3.47. The van der Waals surface area contributed by atoms with Crippen LogP contribution in [0.3, 0.4) is 0 Å². The first kappa shape index (κ1) is 15.9. The normalized spacial score (nSPS) is 16.7. The van der Waals surface area contributed by atoms with Crippen LogP contribution in [0.5, 0.6) is 11.5 Å². The highest BCUT2D eigenvalue weighted by molar-refractivity contribution is 5.43. The highest BCUT2D eigenvalue weighted by Crippen LogP contribution is 2.31. The van der Waals surface area contributed by atoms with Crippen molar-refractivity contribution in [1.29, 1.82) is 0 Å². The van der Waals surface area contributed by atoms with Gasteiger partial charge in [-0.1, -0.05) is 30.3 Å². The largest absolute Gasteiger partial charge is 0.493 e. The summed E-state index contributed by atoms with van der Waals surface area (Å²) in [6, 6.07) is 15.4. The predicted molar refractivity (Wildman–Crippen MR) is 93.1 cm³/mol. The Labute approximate surface area is 138 Å². The maximum atomic E-state index is 5.66. The number of ether oxygens (including phenoxy) is 2. The zero-order valence-corrected chi connectivity index (χ0v) is 14.0. The molecule has 3 heteroatoms. The Bertz CT molecular complexity index is 654. The second kappa shape index (κ2) is 7.51. The van der Waals surface area contributed by atoms with E-state index in [0.29, 0.717) is 12.6 Å². The summed E-state index contributed by atoms with van der Waals surface area (Å²) in [4.78, 5) is 0. The molecule has 2 aromatic carbocycles. The average Bonchev–Trinajstić information content (AvgIpc) is 2.60. The topological polar surface area (TPSA) is 30.5 Å². The summed E-state index contributed by atoms with van der Waals surface area (Å²) in [5, 5.41) is 3.70. The molecule has 0 aliphatic heterocycles. The van der Waals surface area contributed by atoms with E-state index in [9.17, 15) is 0 Å². The molecule has 0 heterocycles. The van der Waals surface area contributed by atoms with Gasteiger partial charge in [0, 0.05) is 12.6 Å². The van der Waals surface area contributed by atoms with Crippen LogP contribution in [0, 0.1) is 0 Å². The number of methoxy groups -OCH3 is 1. The number of nitrogens with one attached hydrogen (secondary N) is 1. The summed E-state index contributed by atoms with van der Waals surface area (Å²) >= 11 is 0. The molecule has 0 amide bonds. The standard InChI is InChI=1S/C20H25NO2/c1-3-23-20-13-15(11-12-19(20)22-2)14-21-18-10-6-8-16-7-4-5-9-17(16)18/h4-5,7,9,11-13,18,21H,3,6,8,10,14H2,1-2H3/t18-/m1/s1. The van der Waals surface area contributed by atoms with Crippen molar-refractivity contribution < 1.29 is 9.47 Å². The predicted octanol–water partition coefficient (Wildman–Crippen LogP) is 4.26. The van der Waals surface area contributed by atoms with Gasteiger partial charge in [-0.15, -0.1) is 0 Å². The Balaban J connectivity index is 1.70. The summed E-state index contributed by atoms with van der Waals surface area (Å²) in [5.74, 6) is 1.61. The second-order valence-corrected chi connectivity index (χ2v) is 5.94. The Morgan fingerprint density at radius 3 is 2.83 bits per heavy atom. The molecule has 0 saturated carbocycles. The number of rotatable bonds is 6. The molecule has 0 fully saturated rings. The van der Waals surface area contributed by atoms with Gasteiger partial charge in [0.1, 0.15) is 0 Å². The minimum absolute atomic E-state index is 0.442. The quantitative estimate of drug-likeness (QED) is 0.864. The lowest BCUT2D eigenvalue weighted by Crippen LogP contribution is -2.24. The number of hydrogen-bond acceptors (Lipinski definition) is 3. The molecule has 1 atom stereocenters. The van der Waals surface area contributed by atoms with Gasteiger partial charge in [0.15, 0.2) is 11.5 Å². The second-order valence-electron chi connectivity index (χ2n) is 5.94. The van der Waals surface area contributed by atoms with Crippen molar-refractivity contribution in [3.05, 3.63) is 59.2 Å². The van der Waals surface area contributed by atoms with Crippen LogP contribution in [-0.4, -0.2) is 13.7 Å². The van der Waals surface area contributed by atoms with E-state index in [1.165, 1.54) is 36.0 Å². The molecule has 1 aliphatic rings. The molecule has 2 aromatic rings. The molecule has 1 aliphatic carbocycles. The fraction of sp³-hybridized carbons (Fsp3) is 0.400. The molecule has 3 rings (SSSR count). The van der Waals surface area contributed by atoms with Crippen LogP contribution in [0.1, 0.15) is 42.5 Å². The first-order valence-corrected chi connectivity index (χ1v) is 8.42. The summed E-state index contributed by atoms with van der Waals surface area (Å²) < 4.78 is 11.0. The molecular formula is C20H25NO2. The van der Waals surface area contributed by atoms with E-state index in [2.05, 4.69) is 41.7 Å². The van der Waals surface area contributed by atoms with Gasteiger partial charge in [-0.05, 0) is 55.0 Å². The van der Waals surface area contributed by atoms with Gasteiger partial charge in [-0.2, -0.15) is 0 Å². The van der Waals surface area contributed by atoms with Crippen molar-refractivity contribution in [2.75, 3.05) is 13.7 Å². The Hall–Kier alpha value is -2.00. The Morgan fingerprint density at radius 2 is 2.00 bits per heavy atom. The minimum Gasteiger partial charge on any atom is -0.493 e. The van der Waals surface area contributed by atoms with E-state index in [0.717, 1.165) is 18.0 Å². The monoisotopic (exact) mass is 311 g/mol. The van der Waals surface area contributed by atoms with Crippen molar-refractivity contribution in [2.45, 2.75) is 38.8 Å². The molecule has 0 bridgehead atoms. The van der Waals surface area contributed by atoms with E-state index in [-0.39, 0.29) is 0 Å². The fourth-order valence-electron chi connectivity index (χ4n) is 3.31. The molecular weight excluding hydrogens is 286 g/mol. The average molecular weight is 311 g/mol. The first-order valence-electron chi connectivity index (χ1n) is 8.42. The van der Waals surface area contributed by atoms with Gasteiger partial charge in [0.25, 0.3) is 0 Å². The first-order chi connectivity index (χ1) is 11.3. The van der Waals surface area contributed by atoms with Crippen LogP contribution in [0.25, 0.3) is 0 Å². The smallest absolute Gasteiger partial charge is 0.161 e. The molecule has 0 radical (unpaired) electrons. The van der Waals surface area contributed by atoms with Crippen molar-refractivity contribution >= 4 is 0 Å². The maximum Gasteiger partial charge on any atom is 0.161 e. The fourth-order valence-corrected chi connectivity index (χ4v) is 3.31. The number of hydrogen-bond donors (Lipinski definition) is 1. The lowest BCUT2D eigenvalue weighted by Gasteiger charge is -2.26. The molecule has 23 heavy (non-hydrogen) atoms. The number of benzene rings is 2. The van der Waals surface area contributed by atoms with Crippen LogP contribution in [0.15, 0.2) is 42.5 Å². The van der Waals surface area contributed by atoms with Crippen molar-refractivity contribution in [3.63, 3.8) is 0 Å². The summed E-state index contributed by atoms with van der Waals surface area (Å²) in [6.07, 6.45) is 3.65. The Kier molecular flexibility index (Phi) is 5.19. The third-order valence-corrected chi connectivity index (χ3v) is 4.45. The van der Waals surface area contributed by atoms with Crippen molar-refractivity contribution in [3.8, 4) is 11.5 Å². The zero-order valence-electron chi connectivity index (χ0n) is 14.0. The van der Waals surface area contributed by atoms with E-state index < -0.39 is 0 Å². The third-order valence-electron chi connectivity index (χ3n) is 4.45. The number of fused-ring (bicyclic) bond motifs is 1. The van der Waals surface area contributed by atoms with Crippen LogP contribution in [-0.2, 0) is 13.0 Å². The van der Waals surface area contributed by atoms with Crippen LogP contribution in [0.2, 0.25) is 0 Å². The molecule has 0 spiro atoms. The summed E-state index contributed by atoms with van der Waals surface area (Å²) in [7, 11) is 1.68. The highest BCUT2D eigenvalue weighted by atomic mass is 16.5. The van der Waals surface area contributed by atoms with E-state index >= 15 is 0 Å².